The van der Waals surface area contributed by atoms with Crippen LogP contribution in [0.4, 0.5) is 0 Å². The second-order valence-corrected chi connectivity index (χ2v) is 3.33. The second kappa shape index (κ2) is 5.56. The van der Waals surface area contributed by atoms with E-state index in [0.29, 0.717) is 0 Å². The zero-order chi connectivity index (χ0) is 7.94. The Morgan fingerprint density at radius 2 is 2.45 bits per heavy atom. The van der Waals surface area contributed by atoms with E-state index in [1.165, 1.54) is 25.7 Å². The first-order valence-electron chi connectivity index (χ1n) is 4.66. The van der Waals surface area contributed by atoms with Gasteiger partial charge in [-0.2, -0.15) is 0 Å². The molecule has 1 atom stereocenters. The predicted molar refractivity (Wildman–Crippen MR) is 46.7 cm³/mol. The summed E-state index contributed by atoms with van der Waals surface area (Å²) in [5.74, 6) is 0.845. The summed E-state index contributed by atoms with van der Waals surface area (Å²) in [5.41, 5.74) is 0. The summed E-state index contributed by atoms with van der Waals surface area (Å²) in [5, 5.41) is 3.17. The molecule has 0 aromatic carbocycles. The van der Waals surface area contributed by atoms with Crippen molar-refractivity contribution in [2.75, 3.05) is 26.8 Å². The maximum Gasteiger partial charge on any atom is 0.0494 e. The molecule has 0 aromatic heterocycles. The third kappa shape index (κ3) is 3.73. The van der Waals surface area contributed by atoms with Crippen molar-refractivity contribution in [2.24, 2.45) is 5.92 Å². The zero-order valence-corrected chi connectivity index (χ0v) is 7.44. The molecule has 2 nitrogen and oxygen atoms in total. The van der Waals surface area contributed by atoms with Crippen LogP contribution in [0.1, 0.15) is 25.7 Å². The summed E-state index contributed by atoms with van der Waals surface area (Å²) in [4.78, 5) is 0. The van der Waals surface area contributed by atoms with Gasteiger partial charge in [0.2, 0.25) is 0 Å². The van der Waals surface area contributed by atoms with Gasteiger partial charge in [-0.05, 0) is 45.2 Å². The third-order valence-corrected chi connectivity index (χ3v) is 2.29. The van der Waals surface area contributed by atoms with E-state index in [1.807, 2.05) is 7.05 Å². The average Bonchev–Trinajstić information content (AvgIpc) is 2.07. The smallest absolute Gasteiger partial charge is 0.0494 e. The molecule has 0 saturated carbocycles. The van der Waals surface area contributed by atoms with E-state index >= 15 is 0 Å². The van der Waals surface area contributed by atoms with Gasteiger partial charge in [-0.3, -0.25) is 0 Å². The standard InChI is InChI=1S/C9H19NO/c1-10-6-2-4-9-5-3-7-11-8-9/h9-10H,2-8H2,1H3/t9-/m1/s1. The van der Waals surface area contributed by atoms with Crippen molar-refractivity contribution < 1.29 is 4.74 Å². The molecule has 11 heavy (non-hydrogen) atoms. The van der Waals surface area contributed by atoms with E-state index in [-0.39, 0.29) is 0 Å². The van der Waals surface area contributed by atoms with Crippen LogP contribution >= 0.6 is 0 Å². The van der Waals surface area contributed by atoms with Crippen molar-refractivity contribution in [3.05, 3.63) is 0 Å². The highest BCUT2D eigenvalue weighted by molar-refractivity contribution is 4.63. The molecule has 0 aromatic rings. The Balaban J connectivity index is 1.96. The number of ether oxygens (including phenoxy) is 1. The summed E-state index contributed by atoms with van der Waals surface area (Å²) >= 11 is 0. The molecule has 1 aliphatic rings. The fourth-order valence-corrected chi connectivity index (χ4v) is 1.60. The van der Waals surface area contributed by atoms with E-state index in [1.54, 1.807) is 0 Å². The highest BCUT2D eigenvalue weighted by Crippen LogP contribution is 2.17. The van der Waals surface area contributed by atoms with Crippen LogP contribution in [0.5, 0.6) is 0 Å². The minimum absolute atomic E-state index is 0.845. The fraction of sp³-hybridized carbons (Fsp3) is 1.00. The highest BCUT2D eigenvalue weighted by atomic mass is 16.5. The second-order valence-electron chi connectivity index (χ2n) is 3.33. The summed E-state index contributed by atoms with van der Waals surface area (Å²) < 4.78 is 5.39. The molecule has 1 saturated heterocycles. The molecule has 0 unspecified atom stereocenters. The molecule has 1 N–H and O–H groups in total. The van der Waals surface area contributed by atoms with Crippen LogP contribution in [-0.4, -0.2) is 26.8 Å². The predicted octanol–water partition coefficient (Wildman–Crippen LogP) is 1.41. The lowest BCUT2D eigenvalue weighted by Crippen LogP contribution is -2.18. The van der Waals surface area contributed by atoms with Crippen molar-refractivity contribution in [3.8, 4) is 0 Å². The zero-order valence-electron chi connectivity index (χ0n) is 7.44. The van der Waals surface area contributed by atoms with Crippen LogP contribution in [0.3, 0.4) is 0 Å². The Morgan fingerprint density at radius 1 is 1.55 bits per heavy atom. The van der Waals surface area contributed by atoms with Gasteiger partial charge >= 0.3 is 0 Å². The Kier molecular flexibility index (Phi) is 4.55. The molecule has 2 heteroatoms. The largest absolute Gasteiger partial charge is 0.381 e. The van der Waals surface area contributed by atoms with Crippen LogP contribution in [0, 0.1) is 5.92 Å². The lowest BCUT2D eigenvalue weighted by atomic mass is 9.97. The first kappa shape index (κ1) is 9.01. The summed E-state index contributed by atoms with van der Waals surface area (Å²) in [6, 6.07) is 0. The van der Waals surface area contributed by atoms with Gasteiger partial charge in [0.1, 0.15) is 0 Å². The van der Waals surface area contributed by atoms with Crippen LogP contribution in [0.15, 0.2) is 0 Å². The number of hydrogen-bond acceptors (Lipinski definition) is 2. The summed E-state index contributed by atoms with van der Waals surface area (Å²) in [7, 11) is 2.01. The highest BCUT2D eigenvalue weighted by Gasteiger charge is 2.12. The first-order valence-corrected chi connectivity index (χ1v) is 4.66. The average molecular weight is 157 g/mol. The first-order chi connectivity index (χ1) is 5.43. The van der Waals surface area contributed by atoms with E-state index in [4.69, 9.17) is 4.74 Å². The van der Waals surface area contributed by atoms with Crippen LogP contribution in [0.2, 0.25) is 0 Å². The Labute approximate surface area is 69.3 Å². The minimum atomic E-state index is 0.845. The van der Waals surface area contributed by atoms with Gasteiger partial charge in [0.25, 0.3) is 0 Å². The number of hydrogen-bond donors (Lipinski definition) is 1. The van der Waals surface area contributed by atoms with Gasteiger partial charge in [-0.25, -0.2) is 0 Å². The quantitative estimate of drug-likeness (QED) is 0.623. The SMILES string of the molecule is CNCCC[C@@H]1CCCOC1. The number of rotatable bonds is 4. The Bertz CT molecular complexity index is 89.6. The van der Waals surface area contributed by atoms with E-state index < -0.39 is 0 Å². The lowest BCUT2D eigenvalue weighted by molar-refractivity contribution is 0.0510. The van der Waals surface area contributed by atoms with Gasteiger partial charge in [0, 0.05) is 13.2 Å². The van der Waals surface area contributed by atoms with Crippen molar-refractivity contribution in [2.45, 2.75) is 25.7 Å². The fourth-order valence-electron chi connectivity index (χ4n) is 1.60. The molecule has 1 heterocycles. The monoisotopic (exact) mass is 157 g/mol. The van der Waals surface area contributed by atoms with Crippen molar-refractivity contribution in [1.82, 2.24) is 5.32 Å². The molecule has 66 valence electrons. The van der Waals surface area contributed by atoms with Gasteiger partial charge in [-0.15, -0.1) is 0 Å². The van der Waals surface area contributed by atoms with Gasteiger partial charge in [0.15, 0.2) is 0 Å². The summed E-state index contributed by atoms with van der Waals surface area (Å²) in [6.45, 7) is 3.14. The third-order valence-electron chi connectivity index (χ3n) is 2.29. The van der Waals surface area contributed by atoms with E-state index in [0.717, 1.165) is 25.7 Å². The van der Waals surface area contributed by atoms with Crippen molar-refractivity contribution >= 4 is 0 Å². The van der Waals surface area contributed by atoms with E-state index in [9.17, 15) is 0 Å². The number of nitrogens with one attached hydrogen (secondary N) is 1. The maximum atomic E-state index is 5.39. The lowest BCUT2D eigenvalue weighted by Gasteiger charge is -2.21. The molecule has 1 aliphatic heterocycles. The minimum Gasteiger partial charge on any atom is -0.381 e. The Hall–Kier alpha value is -0.0800. The molecular formula is C9H19NO. The van der Waals surface area contributed by atoms with Crippen molar-refractivity contribution in [3.63, 3.8) is 0 Å². The van der Waals surface area contributed by atoms with Gasteiger partial charge in [-0.1, -0.05) is 0 Å². The van der Waals surface area contributed by atoms with E-state index in [2.05, 4.69) is 5.32 Å². The van der Waals surface area contributed by atoms with Crippen LogP contribution < -0.4 is 5.32 Å². The maximum absolute atomic E-state index is 5.39. The molecule has 0 amide bonds. The van der Waals surface area contributed by atoms with Crippen LogP contribution in [-0.2, 0) is 4.74 Å². The van der Waals surface area contributed by atoms with Gasteiger partial charge in [0.05, 0.1) is 0 Å². The normalized spacial score (nSPS) is 25.4. The topological polar surface area (TPSA) is 21.3 Å². The molecule has 1 fully saturated rings. The molecular weight excluding hydrogens is 138 g/mol. The molecule has 0 aliphatic carbocycles. The van der Waals surface area contributed by atoms with Crippen molar-refractivity contribution in [1.29, 1.82) is 0 Å². The Morgan fingerprint density at radius 3 is 3.09 bits per heavy atom. The summed E-state index contributed by atoms with van der Waals surface area (Å²) in [6.07, 6.45) is 5.28. The molecule has 0 bridgehead atoms. The van der Waals surface area contributed by atoms with Gasteiger partial charge < -0.3 is 10.1 Å². The molecule has 1 rings (SSSR count). The molecule has 0 radical (unpaired) electrons. The van der Waals surface area contributed by atoms with Crippen LogP contribution in [0.25, 0.3) is 0 Å². The molecule has 0 spiro atoms.